The lowest BCUT2D eigenvalue weighted by Crippen LogP contribution is -2.40. The van der Waals surface area contributed by atoms with Crippen LogP contribution in [0.1, 0.15) is 51.5 Å². The molecule has 2 N–H and O–H groups in total. The zero-order valence-corrected chi connectivity index (χ0v) is 13.3. The van der Waals surface area contributed by atoms with Crippen molar-refractivity contribution < 1.29 is 4.79 Å². The van der Waals surface area contributed by atoms with Crippen molar-refractivity contribution in [2.45, 2.75) is 58.4 Å². The zero-order chi connectivity index (χ0) is 15.1. The van der Waals surface area contributed by atoms with Crippen molar-refractivity contribution in [3.63, 3.8) is 0 Å². The summed E-state index contributed by atoms with van der Waals surface area (Å²) in [5.74, 6) is 0.313. The first-order valence-corrected chi connectivity index (χ1v) is 8.32. The highest BCUT2D eigenvalue weighted by atomic mass is 16.1. The summed E-state index contributed by atoms with van der Waals surface area (Å²) in [6, 6.07) is 8.77. The Morgan fingerprint density at radius 2 is 2.05 bits per heavy atom. The van der Waals surface area contributed by atoms with Crippen molar-refractivity contribution in [2.24, 2.45) is 5.92 Å². The number of amides is 1. The minimum atomic E-state index is 0.144. The predicted octanol–water partition coefficient (Wildman–Crippen LogP) is 3.75. The van der Waals surface area contributed by atoms with Crippen LogP contribution in [0.3, 0.4) is 0 Å². The summed E-state index contributed by atoms with van der Waals surface area (Å²) in [7, 11) is 0. The monoisotopic (exact) mass is 288 g/mol. The number of carbonyl (C=O) groups is 1. The summed E-state index contributed by atoms with van der Waals surface area (Å²) in [5.41, 5.74) is 2.28. The van der Waals surface area contributed by atoms with Crippen LogP contribution in [-0.4, -0.2) is 18.5 Å². The third-order valence-corrected chi connectivity index (χ3v) is 4.28. The SMILES string of the molecule is CCCCCc1ccc(NC(=O)C2CCNC(C)C2)cc1. The Balaban J connectivity index is 1.83. The number of nitrogens with one attached hydrogen (secondary N) is 2. The van der Waals surface area contributed by atoms with Gasteiger partial charge < -0.3 is 10.6 Å². The highest BCUT2D eigenvalue weighted by Crippen LogP contribution is 2.19. The molecule has 1 saturated heterocycles. The van der Waals surface area contributed by atoms with Crippen LogP contribution in [0.2, 0.25) is 0 Å². The minimum absolute atomic E-state index is 0.144. The Kier molecular flexibility index (Phi) is 6.24. The number of hydrogen-bond donors (Lipinski definition) is 2. The maximum absolute atomic E-state index is 12.3. The van der Waals surface area contributed by atoms with Gasteiger partial charge in [-0.1, -0.05) is 31.9 Å². The lowest BCUT2D eigenvalue weighted by Gasteiger charge is -2.27. The molecule has 116 valence electrons. The molecule has 3 heteroatoms. The third kappa shape index (κ3) is 5.16. The molecule has 0 bridgehead atoms. The van der Waals surface area contributed by atoms with Gasteiger partial charge in [0.15, 0.2) is 0 Å². The summed E-state index contributed by atoms with van der Waals surface area (Å²) in [6.45, 7) is 5.31. The van der Waals surface area contributed by atoms with Crippen LogP contribution in [0, 0.1) is 5.92 Å². The smallest absolute Gasteiger partial charge is 0.227 e. The van der Waals surface area contributed by atoms with Gasteiger partial charge >= 0.3 is 0 Å². The fourth-order valence-corrected chi connectivity index (χ4v) is 2.95. The van der Waals surface area contributed by atoms with Gasteiger partial charge in [0.05, 0.1) is 0 Å². The largest absolute Gasteiger partial charge is 0.326 e. The van der Waals surface area contributed by atoms with Crippen molar-refractivity contribution in [3.05, 3.63) is 29.8 Å². The van der Waals surface area contributed by atoms with Crippen molar-refractivity contribution in [1.82, 2.24) is 5.32 Å². The summed E-state index contributed by atoms with van der Waals surface area (Å²) in [6.07, 6.45) is 6.78. The number of anilines is 1. The van der Waals surface area contributed by atoms with E-state index in [1.54, 1.807) is 0 Å². The molecule has 1 heterocycles. The predicted molar refractivity (Wildman–Crippen MR) is 88.5 cm³/mol. The maximum Gasteiger partial charge on any atom is 0.227 e. The van der Waals surface area contributed by atoms with Crippen LogP contribution < -0.4 is 10.6 Å². The molecule has 0 aliphatic carbocycles. The molecule has 1 fully saturated rings. The summed E-state index contributed by atoms with van der Waals surface area (Å²) < 4.78 is 0. The van der Waals surface area contributed by atoms with Gasteiger partial charge in [0.25, 0.3) is 0 Å². The highest BCUT2D eigenvalue weighted by molar-refractivity contribution is 5.92. The molecule has 0 radical (unpaired) electrons. The Bertz CT molecular complexity index is 441. The van der Waals surface area contributed by atoms with Gasteiger partial charge in [-0.2, -0.15) is 0 Å². The van der Waals surface area contributed by atoms with E-state index in [0.29, 0.717) is 6.04 Å². The summed E-state index contributed by atoms with van der Waals surface area (Å²) in [5, 5.41) is 6.44. The van der Waals surface area contributed by atoms with E-state index in [1.165, 1.54) is 24.8 Å². The Hall–Kier alpha value is -1.35. The van der Waals surface area contributed by atoms with Crippen LogP contribution in [0.15, 0.2) is 24.3 Å². The van der Waals surface area contributed by atoms with Crippen molar-refractivity contribution in [3.8, 4) is 0 Å². The molecular formula is C18H28N2O. The third-order valence-electron chi connectivity index (χ3n) is 4.28. The normalized spacial score (nSPS) is 22.0. The maximum atomic E-state index is 12.3. The van der Waals surface area contributed by atoms with E-state index >= 15 is 0 Å². The first-order chi connectivity index (χ1) is 10.2. The van der Waals surface area contributed by atoms with Gasteiger partial charge in [0.1, 0.15) is 0 Å². The lowest BCUT2D eigenvalue weighted by molar-refractivity contribution is -0.120. The van der Waals surface area contributed by atoms with E-state index in [0.717, 1.165) is 31.5 Å². The Morgan fingerprint density at radius 1 is 1.29 bits per heavy atom. The molecule has 0 spiro atoms. The highest BCUT2D eigenvalue weighted by Gasteiger charge is 2.24. The van der Waals surface area contributed by atoms with Crippen molar-refractivity contribution in [2.75, 3.05) is 11.9 Å². The fourth-order valence-electron chi connectivity index (χ4n) is 2.95. The van der Waals surface area contributed by atoms with Crippen molar-refractivity contribution in [1.29, 1.82) is 0 Å². The Labute approximate surface area is 128 Å². The molecule has 1 aliphatic rings. The first-order valence-electron chi connectivity index (χ1n) is 8.32. The molecule has 2 rings (SSSR count). The van der Waals surface area contributed by atoms with Crippen LogP contribution in [0.25, 0.3) is 0 Å². The molecule has 21 heavy (non-hydrogen) atoms. The zero-order valence-electron chi connectivity index (χ0n) is 13.3. The average Bonchev–Trinajstić information content (AvgIpc) is 2.49. The van der Waals surface area contributed by atoms with E-state index in [4.69, 9.17) is 0 Å². The molecule has 1 aromatic carbocycles. The average molecular weight is 288 g/mol. The molecule has 1 aliphatic heterocycles. The molecular weight excluding hydrogens is 260 g/mol. The molecule has 0 aromatic heterocycles. The van der Waals surface area contributed by atoms with E-state index in [-0.39, 0.29) is 11.8 Å². The molecule has 2 unspecified atom stereocenters. The lowest BCUT2D eigenvalue weighted by atomic mass is 9.92. The topological polar surface area (TPSA) is 41.1 Å². The van der Waals surface area contributed by atoms with Crippen LogP contribution in [-0.2, 0) is 11.2 Å². The number of benzene rings is 1. The van der Waals surface area contributed by atoms with E-state index < -0.39 is 0 Å². The van der Waals surface area contributed by atoms with Crippen molar-refractivity contribution >= 4 is 11.6 Å². The summed E-state index contributed by atoms with van der Waals surface area (Å²) >= 11 is 0. The van der Waals surface area contributed by atoms with Crippen LogP contribution in [0.5, 0.6) is 0 Å². The molecule has 3 nitrogen and oxygen atoms in total. The molecule has 2 atom stereocenters. The number of carbonyl (C=O) groups excluding carboxylic acids is 1. The summed E-state index contributed by atoms with van der Waals surface area (Å²) in [4.78, 5) is 12.3. The second-order valence-corrected chi connectivity index (χ2v) is 6.22. The number of piperidine rings is 1. The minimum Gasteiger partial charge on any atom is -0.326 e. The van der Waals surface area contributed by atoms with E-state index in [2.05, 4.69) is 36.6 Å². The quantitative estimate of drug-likeness (QED) is 0.783. The van der Waals surface area contributed by atoms with Gasteiger partial charge in [-0.15, -0.1) is 0 Å². The number of hydrogen-bond acceptors (Lipinski definition) is 2. The first kappa shape index (κ1) is 16.0. The van der Waals surface area contributed by atoms with Gasteiger partial charge in [-0.3, -0.25) is 4.79 Å². The Morgan fingerprint density at radius 3 is 2.71 bits per heavy atom. The molecule has 1 amide bonds. The number of aryl methyl sites for hydroxylation is 1. The van der Waals surface area contributed by atoms with E-state index in [9.17, 15) is 4.79 Å². The molecule has 0 saturated carbocycles. The standard InChI is InChI=1S/C18H28N2O/c1-3-4-5-6-15-7-9-17(10-8-15)20-18(21)16-11-12-19-14(2)13-16/h7-10,14,16,19H,3-6,11-13H2,1-2H3,(H,20,21). The van der Waals surface area contributed by atoms with E-state index in [1.807, 2.05) is 12.1 Å². The van der Waals surface area contributed by atoms with Gasteiger partial charge in [-0.05, 0) is 56.8 Å². The van der Waals surface area contributed by atoms with Gasteiger partial charge in [0.2, 0.25) is 5.91 Å². The van der Waals surface area contributed by atoms with Gasteiger partial charge in [-0.25, -0.2) is 0 Å². The number of rotatable bonds is 6. The van der Waals surface area contributed by atoms with Crippen LogP contribution >= 0.6 is 0 Å². The number of unbranched alkanes of at least 4 members (excludes halogenated alkanes) is 2. The molecule has 1 aromatic rings. The second kappa shape index (κ2) is 8.18. The van der Waals surface area contributed by atoms with Gasteiger partial charge in [0, 0.05) is 17.6 Å². The van der Waals surface area contributed by atoms with Crippen LogP contribution in [0.4, 0.5) is 5.69 Å². The fraction of sp³-hybridized carbons (Fsp3) is 0.611. The second-order valence-electron chi connectivity index (χ2n) is 6.22.